The number of anilines is 1. The highest BCUT2D eigenvalue weighted by Gasteiger charge is 2.32. The minimum Gasteiger partial charge on any atom is -0.428 e. The zero-order chi connectivity index (χ0) is 14.8. The van der Waals surface area contributed by atoms with Gasteiger partial charge in [-0.2, -0.15) is 0 Å². The van der Waals surface area contributed by atoms with Gasteiger partial charge in [0.15, 0.2) is 6.23 Å². The summed E-state index contributed by atoms with van der Waals surface area (Å²) in [5.41, 5.74) is 0.992. The van der Waals surface area contributed by atoms with E-state index in [4.69, 9.17) is 9.47 Å². The smallest absolute Gasteiger partial charge is 0.416 e. The molecule has 2 heterocycles. The molecule has 1 unspecified atom stereocenters. The Bertz CT molecular complexity index is 534. The summed E-state index contributed by atoms with van der Waals surface area (Å²) < 4.78 is 24.9. The number of cyclic esters (lactones) is 1. The number of halogens is 1. The minimum atomic E-state index is -0.475. The zero-order valence-corrected chi connectivity index (χ0v) is 11.8. The number of benzene rings is 1. The normalized spacial score (nSPS) is 26.0. The van der Waals surface area contributed by atoms with Crippen LogP contribution in [0, 0.1) is 5.82 Å². The summed E-state index contributed by atoms with van der Waals surface area (Å²) in [7, 11) is 1.71. The standard InChI is InChI=1S/C14H18FN3O3/c1-16-13-8-18(14(19)21-13)9-2-3-10(11(15)6-9)12-7-17-4-5-20-12/h2-3,6,12-13,16-17H,4-5,7-8H2,1H3/t12?,13-/m0/s1. The van der Waals surface area contributed by atoms with Crippen molar-refractivity contribution >= 4 is 11.8 Å². The van der Waals surface area contributed by atoms with E-state index in [1.54, 1.807) is 19.2 Å². The number of hydrogen-bond acceptors (Lipinski definition) is 5. The van der Waals surface area contributed by atoms with Gasteiger partial charge >= 0.3 is 6.09 Å². The summed E-state index contributed by atoms with van der Waals surface area (Å²) in [5, 5.41) is 6.03. The first-order valence-corrected chi connectivity index (χ1v) is 6.96. The predicted molar refractivity (Wildman–Crippen MR) is 74.6 cm³/mol. The second-order valence-electron chi connectivity index (χ2n) is 5.04. The van der Waals surface area contributed by atoms with Crippen LogP contribution in [0.4, 0.5) is 14.9 Å². The lowest BCUT2D eigenvalue weighted by atomic mass is 10.1. The maximum Gasteiger partial charge on any atom is 0.416 e. The molecule has 0 aromatic heterocycles. The van der Waals surface area contributed by atoms with Crippen molar-refractivity contribution in [2.45, 2.75) is 12.3 Å². The van der Waals surface area contributed by atoms with Crippen molar-refractivity contribution < 1.29 is 18.7 Å². The van der Waals surface area contributed by atoms with Crippen LogP contribution in [0.25, 0.3) is 0 Å². The summed E-state index contributed by atoms with van der Waals surface area (Å²) in [6.07, 6.45) is -1.13. The summed E-state index contributed by atoms with van der Waals surface area (Å²) in [4.78, 5) is 13.2. The molecule has 7 heteroatoms. The molecule has 2 saturated heterocycles. The van der Waals surface area contributed by atoms with Gasteiger partial charge in [-0.05, 0) is 19.2 Å². The maximum atomic E-state index is 14.3. The molecule has 2 aliphatic heterocycles. The Kier molecular flexibility index (Phi) is 4.05. The van der Waals surface area contributed by atoms with Crippen molar-refractivity contribution in [3.8, 4) is 0 Å². The largest absolute Gasteiger partial charge is 0.428 e. The molecule has 2 aliphatic rings. The highest BCUT2D eigenvalue weighted by Crippen LogP contribution is 2.27. The third-order valence-electron chi connectivity index (χ3n) is 3.70. The van der Waals surface area contributed by atoms with Gasteiger partial charge in [-0.1, -0.05) is 6.07 Å². The number of ether oxygens (including phenoxy) is 2. The molecule has 1 aromatic rings. The van der Waals surface area contributed by atoms with E-state index in [2.05, 4.69) is 10.6 Å². The van der Waals surface area contributed by atoms with E-state index in [0.29, 0.717) is 30.9 Å². The Balaban J connectivity index is 1.79. The fourth-order valence-corrected chi connectivity index (χ4v) is 2.53. The average molecular weight is 295 g/mol. The molecule has 21 heavy (non-hydrogen) atoms. The van der Waals surface area contributed by atoms with Crippen LogP contribution in [-0.4, -0.2) is 45.6 Å². The summed E-state index contributed by atoms with van der Waals surface area (Å²) in [5.74, 6) is -0.373. The Hall–Kier alpha value is -1.70. The van der Waals surface area contributed by atoms with Crippen molar-refractivity contribution in [1.29, 1.82) is 0 Å². The quantitative estimate of drug-likeness (QED) is 0.870. The Morgan fingerprint density at radius 2 is 2.33 bits per heavy atom. The molecule has 114 valence electrons. The van der Waals surface area contributed by atoms with E-state index < -0.39 is 6.09 Å². The summed E-state index contributed by atoms with van der Waals surface area (Å²) >= 11 is 0. The summed E-state index contributed by atoms with van der Waals surface area (Å²) in [6.45, 7) is 2.29. The first-order valence-electron chi connectivity index (χ1n) is 6.96. The molecule has 0 radical (unpaired) electrons. The van der Waals surface area contributed by atoms with Crippen LogP contribution >= 0.6 is 0 Å². The molecular formula is C14H18FN3O3. The number of hydrogen-bond donors (Lipinski definition) is 2. The van der Waals surface area contributed by atoms with Crippen LogP contribution in [0.2, 0.25) is 0 Å². The first-order chi connectivity index (χ1) is 10.2. The number of carbonyl (C=O) groups is 1. The van der Waals surface area contributed by atoms with Gasteiger partial charge in [0.2, 0.25) is 0 Å². The monoisotopic (exact) mass is 295 g/mol. The molecule has 0 bridgehead atoms. The molecule has 3 rings (SSSR count). The van der Waals surface area contributed by atoms with Crippen LogP contribution < -0.4 is 15.5 Å². The molecular weight excluding hydrogens is 277 g/mol. The van der Waals surface area contributed by atoms with Gasteiger partial charge in [0.05, 0.1) is 24.9 Å². The predicted octanol–water partition coefficient (Wildman–Crippen LogP) is 0.989. The van der Waals surface area contributed by atoms with Gasteiger partial charge in [0.25, 0.3) is 0 Å². The van der Waals surface area contributed by atoms with Crippen LogP contribution in [0.3, 0.4) is 0 Å². The molecule has 0 aliphatic carbocycles. The van der Waals surface area contributed by atoms with E-state index in [0.717, 1.165) is 6.54 Å². The van der Waals surface area contributed by atoms with E-state index in [9.17, 15) is 9.18 Å². The Morgan fingerprint density at radius 1 is 1.48 bits per heavy atom. The highest BCUT2D eigenvalue weighted by atomic mass is 19.1. The number of nitrogens with zero attached hydrogens (tertiary/aromatic N) is 1. The second kappa shape index (κ2) is 5.97. The van der Waals surface area contributed by atoms with E-state index in [-0.39, 0.29) is 18.1 Å². The minimum absolute atomic E-state index is 0.289. The van der Waals surface area contributed by atoms with Crippen molar-refractivity contribution in [2.75, 3.05) is 38.2 Å². The van der Waals surface area contributed by atoms with Crippen molar-refractivity contribution in [2.24, 2.45) is 0 Å². The van der Waals surface area contributed by atoms with E-state index >= 15 is 0 Å². The summed E-state index contributed by atoms with van der Waals surface area (Å²) in [6, 6.07) is 4.74. The lowest BCUT2D eigenvalue weighted by Crippen LogP contribution is -2.34. The molecule has 6 nitrogen and oxygen atoms in total. The lowest BCUT2D eigenvalue weighted by Gasteiger charge is -2.25. The average Bonchev–Trinajstić information content (AvgIpc) is 2.89. The van der Waals surface area contributed by atoms with Crippen LogP contribution in [0.15, 0.2) is 18.2 Å². The third-order valence-corrected chi connectivity index (χ3v) is 3.70. The number of rotatable bonds is 3. The van der Waals surface area contributed by atoms with Gasteiger partial charge in [0.1, 0.15) is 5.82 Å². The fourth-order valence-electron chi connectivity index (χ4n) is 2.53. The molecule has 1 aromatic carbocycles. The maximum absolute atomic E-state index is 14.3. The second-order valence-corrected chi connectivity index (χ2v) is 5.04. The fraction of sp³-hybridized carbons (Fsp3) is 0.500. The lowest BCUT2D eigenvalue weighted by molar-refractivity contribution is 0.0255. The van der Waals surface area contributed by atoms with Crippen LogP contribution in [0.1, 0.15) is 11.7 Å². The number of nitrogens with one attached hydrogen (secondary N) is 2. The van der Waals surface area contributed by atoms with Crippen LogP contribution in [-0.2, 0) is 9.47 Å². The molecule has 0 spiro atoms. The molecule has 2 N–H and O–H groups in total. The molecule has 1 amide bonds. The van der Waals surface area contributed by atoms with Crippen molar-refractivity contribution in [1.82, 2.24) is 10.6 Å². The molecule has 2 atom stereocenters. The molecule has 0 saturated carbocycles. The van der Waals surface area contributed by atoms with Crippen LogP contribution in [0.5, 0.6) is 0 Å². The zero-order valence-electron chi connectivity index (χ0n) is 11.8. The Morgan fingerprint density at radius 3 is 2.95 bits per heavy atom. The van der Waals surface area contributed by atoms with Gasteiger partial charge in [-0.25, -0.2) is 9.18 Å². The number of carbonyl (C=O) groups excluding carboxylic acids is 1. The molecule has 2 fully saturated rings. The SMILES string of the molecule is CN[C@@H]1CN(c2ccc(C3CNCCO3)c(F)c2)C(=O)O1. The number of morpholine rings is 1. The van der Waals surface area contributed by atoms with Gasteiger partial charge in [-0.15, -0.1) is 0 Å². The number of amides is 1. The highest BCUT2D eigenvalue weighted by molar-refractivity contribution is 5.89. The van der Waals surface area contributed by atoms with Crippen molar-refractivity contribution in [3.05, 3.63) is 29.6 Å². The van der Waals surface area contributed by atoms with Gasteiger partial charge in [0, 0.05) is 18.7 Å². The van der Waals surface area contributed by atoms with E-state index in [1.807, 2.05) is 0 Å². The van der Waals surface area contributed by atoms with Gasteiger partial charge < -0.3 is 14.8 Å². The third kappa shape index (κ3) is 2.85. The van der Waals surface area contributed by atoms with Crippen molar-refractivity contribution in [3.63, 3.8) is 0 Å². The topological polar surface area (TPSA) is 62.8 Å². The Labute approximate surface area is 122 Å². The number of likely N-dealkylation sites (N-methyl/N-ethyl adjacent to an activating group) is 1. The van der Waals surface area contributed by atoms with E-state index in [1.165, 1.54) is 11.0 Å². The first kappa shape index (κ1) is 14.2. The van der Waals surface area contributed by atoms with Gasteiger partial charge in [-0.3, -0.25) is 10.2 Å².